The van der Waals surface area contributed by atoms with Gasteiger partial charge in [-0.1, -0.05) is 12.1 Å². The van der Waals surface area contributed by atoms with Gasteiger partial charge in [-0.05, 0) is 87.0 Å². The zero-order valence-electron chi connectivity index (χ0n) is 18.8. The number of ketones is 1. The highest BCUT2D eigenvalue weighted by Crippen LogP contribution is 2.31. The highest BCUT2D eigenvalue weighted by molar-refractivity contribution is 9.10. The van der Waals surface area contributed by atoms with Crippen LogP contribution in [0.4, 0.5) is 5.69 Å². The molecule has 0 radical (unpaired) electrons. The van der Waals surface area contributed by atoms with Crippen molar-refractivity contribution in [3.8, 4) is 5.69 Å². The summed E-state index contributed by atoms with van der Waals surface area (Å²) in [5.41, 5.74) is 4.71. The minimum absolute atomic E-state index is 0.116. The van der Waals surface area contributed by atoms with Gasteiger partial charge in [-0.25, -0.2) is 4.85 Å². The molecule has 0 saturated carbocycles. The molecule has 1 saturated heterocycles. The maximum absolute atomic E-state index is 13.5. The number of fused-ring (bicyclic) bond motifs is 1. The van der Waals surface area contributed by atoms with Crippen molar-refractivity contribution >= 4 is 38.4 Å². The van der Waals surface area contributed by atoms with Crippen LogP contribution in [-0.4, -0.2) is 65.4 Å². The van der Waals surface area contributed by atoms with Crippen molar-refractivity contribution in [1.82, 2.24) is 19.4 Å². The summed E-state index contributed by atoms with van der Waals surface area (Å²) >= 11 is 3.52. The van der Waals surface area contributed by atoms with E-state index in [1.165, 1.54) is 0 Å². The molecule has 3 heterocycles. The molecule has 32 heavy (non-hydrogen) atoms. The number of piperidine rings is 1. The van der Waals surface area contributed by atoms with E-state index >= 15 is 0 Å². The van der Waals surface area contributed by atoms with E-state index in [-0.39, 0.29) is 5.78 Å². The molecule has 166 valence electrons. The molecule has 2 aromatic heterocycles. The van der Waals surface area contributed by atoms with Crippen molar-refractivity contribution in [2.24, 2.45) is 5.92 Å². The van der Waals surface area contributed by atoms with E-state index in [0.717, 1.165) is 59.4 Å². The van der Waals surface area contributed by atoms with Gasteiger partial charge in [0.15, 0.2) is 11.5 Å². The minimum atomic E-state index is 0.116. The Morgan fingerprint density at radius 1 is 1.25 bits per heavy atom. The Bertz CT molecular complexity index is 1170. The maximum Gasteiger partial charge on any atom is 0.187 e. The lowest BCUT2D eigenvalue weighted by Gasteiger charge is -2.32. The predicted octanol–water partition coefficient (Wildman–Crippen LogP) is 5.10. The molecule has 0 aliphatic carbocycles. The lowest BCUT2D eigenvalue weighted by molar-refractivity contribution is 0.0886. The van der Waals surface area contributed by atoms with Gasteiger partial charge in [0.1, 0.15) is 0 Å². The highest BCUT2D eigenvalue weighted by atomic mass is 79.9. The maximum atomic E-state index is 13.5. The van der Waals surface area contributed by atoms with Gasteiger partial charge in [0.05, 0.1) is 29.7 Å². The molecule has 1 aliphatic heterocycles. The van der Waals surface area contributed by atoms with Crippen molar-refractivity contribution in [2.45, 2.75) is 19.8 Å². The Morgan fingerprint density at radius 3 is 2.56 bits per heavy atom. The molecule has 0 amide bonds. The number of likely N-dealkylation sites (tertiary alicyclic amines) is 1. The number of pyridine rings is 1. The first-order chi connectivity index (χ1) is 15.4. The fraction of sp³-hybridized carbons (Fsp3) is 0.400. The van der Waals surface area contributed by atoms with Gasteiger partial charge < -0.3 is 9.47 Å². The van der Waals surface area contributed by atoms with Crippen LogP contribution in [-0.2, 0) is 0 Å². The third-order valence-corrected chi connectivity index (χ3v) is 6.66. The van der Waals surface area contributed by atoms with E-state index in [1.807, 2.05) is 25.1 Å². The first-order valence-electron chi connectivity index (χ1n) is 10.9. The van der Waals surface area contributed by atoms with Crippen molar-refractivity contribution in [3.05, 3.63) is 63.7 Å². The molecular weight excluding hydrogens is 466 g/mol. The van der Waals surface area contributed by atoms with Gasteiger partial charge in [0.2, 0.25) is 0 Å². The Morgan fingerprint density at radius 2 is 1.94 bits per heavy atom. The fourth-order valence-electron chi connectivity index (χ4n) is 4.72. The molecule has 7 heteroatoms. The molecule has 0 spiro atoms. The molecule has 1 fully saturated rings. The molecule has 6 nitrogen and oxygen atoms in total. The van der Waals surface area contributed by atoms with E-state index in [2.05, 4.69) is 54.2 Å². The summed E-state index contributed by atoms with van der Waals surface area (Å²) in [4.78, 5) is 26.1. The van der Waals surface area contributed by atoms with E-state index in [1.54, 1.807) is 18.3 Å². The Kier molecular flexibility index (Phi) is 6.75. The summed E-state index contributed by atoms with van der Waals surface area (Å²) in [7, 11) is 4.24. The van der Waals surface area contributed by atoms with E-state index in [0.29, 0.717) is 23.7 Å². The molecule has 4 rings (SSSR count). The molecule has 0 atom stereocenters. The van der Waals surface area contributed by atoms with Crippen LogP contribution in [0, 0.1) is 19.4 Å². The van der Waals surface area contributed by atoms with Crippen molar-refractivity contribution in [1.29, 1.82) is 0 Å². The summed E-state index contributed by atoms with van der Waals surface area (Å²) < 4.78 is 2.93. The van der Waals surface area contributed by atoms with E-state index in [9.17, 15) is 4.79 Å². The number of hydrogen-bond acceptors (Lipinski definition) is 4. The van der Waals surface area contributed by atoms with Gasteiger partial charge >= 0.3 is 0 Å². The Labute approximate surface area is 197 Å². The first kappa shape index (κ1) is 22.7. The van der Waals surface area contributed by atoms with Crippen LogP contribution >= 0.6 is 15.9 Å². The lowest BCUT2D eigenvalue weighted by Crippen LogP contribution is -2.39. The van der Waals surface area contributed by atoms with Crippen LogP contribution in [0.5, 0.6) is 0 Å². The molecule has 0 unspecified atom stereocenters. The SMILES string of the molecule is [C-]#[N+]c1ccc(-n2c(C)c(C(=O)CN3CCC(CN(C)C)CC3)c3ncc(Br)cc32)cc1. The van der Waals surface area contributed by atoms with Gasteiger partial charge in [-0.3, -0.25) is 14.7 Å². The zero-order valence-corrected chi connectivity index (χ0v) is 20.4. The minimum Gasteiger partial charge on any atom is -0.312 e. The van der Waals surface area contributed by atoms with Crippen molar-refractivity contribution in [3.63, 3.8) is 0 Å². The number of halogens is 1. The number of rotatable bonds is 6. The largest absolute Gasteiger partial charge is 0.312 e. The zero-order chi connectivity index (χ0) is 22.8. The fourth-order valence-corrected chi connectivity index (χ4v) is 5.04. The predicted molar refractivity (Wildman–Crippen MR) is 132 cm³/mol. The summed E-state index contributed by atoms with van der Waals surface area (Å²) in [5, 5.41) is 0. The number of nitrogens with zero attached hydrogens (tertiary/aromatic N) is 5. The molecule has 0 bridgehead atoms. The van der Waals surface area contributed by atoms with Crippen LogP contribution < -0.4 is 0 Å². The summed E-state index contributed by atoms with van der Waals surface area (Å²) in [5.74, 6) is 0.822. The van der Waals surface area contributed by atoms with Crippen molar-refractivity contribution < 1.29 is 4.79 Å². The second-order valence-electron chi connectivity index (χ2n) is 8.85. The van der Waals surface area contributed by atoms with Crippen LogP contribution in [0.1, 0.15) is 28.9 Å². The monoisotopic (exact) mass is 493 g/mol. The third kappa shape index (κ3) is 4.63. The van der Waals surface area contributed by atoms with Crippen LogP contribution in [0.3, 0.4) is 0 Å². The number of benzene rings is 1. The average molecular weight is 494 g/mol. The number of aromatic nitrogens is 2. The second-order valence-corrected chi connectivity index (χ2v) is 9.77. The van der Waals surface area contributed by atoms with Crippen molar-refractivity contribution in [2.75, 3.05) is 40.3 Å². The number of carbonyl (C=O) groups is 1. The van der Waals surface area contributed by atoms with E-state index in [4.69, 9.17) is 6.57 Å². The van der Waals surface area contributed by atoms with Gasteiger partial charge in [-0.2, -0.15) is 0 Å². The number of Topliss-reactive ketones (excluding diaryl/α,β-unsaturated/α-hetero) is 1. The van der Waals surface area contributed by atoms with Gasteiger partial charge in [-0.15, -0.1) is 0 Å². The highest BCUT2D eigenvalue weighted by Gasteiger charge is 2.26. The topological polar surface area (TPSA) is 45.7 Å². The Hall–Kier alpha value is -2.53. The quantitative estimate of drug-likeness (QED) is 0.353. The smallest absolute Gasteiger partial charge is 0.187 e. The summed E-state index contributed by atoms with van der Waals surface area (Å²) in [6.45, 7) is 12.6. The van der Waals surface area contributed by atoms with Crippen LogP contribution in [0.2, 0.25) is 0 Å². The first-order valence-corrected chi connectivity index (χ1v) is 11.7. The average Bonchev–Trinajstić information content (AvgIpc) is 3.05. The third-order valence-electron chi connectivity index (χ3n) is 6.22. The molecule has 1 aromatic carbocycles. The lowest BCUT2D eigenvalue weighted by atomic mass is 9.96. The van der Waals surface area contributed by atoms with Crippen LogP contribution in [0.15, 0.2) is 41.0 Å². The summed E-state index contributed by atoms with van der Waals surface area (Å²) in [6.07, 6.45) is 4.01. The molecule has 1 aliphatic rings. The second kappa shape index (κ2) is 9.53. The van der Waals surface area contributed by atoms with Crippen LogP contribution in [0.25, 0.3) is 21.6 Å². The van der Waals surface area contributed by atoms with E-state index < -0.39 is 0 Å². The van der Waals surface area contributed by atoms with Gasteiger partial charge in [0.25, 0.3) is 0 Å². The van der Waals surface area contributed by atoms with Gasteiger partial charge in [0, 0.05) is 28.6 Å². The normalized spacial score (nSPS) is 15.4. The number of carbonyl (C=O) groups excluding carboxylic acids is 1. The standard InChI is InChI=1S/C25H28BrN5O/c1-17-24(23(32)16-30-11-9-18(10-12-30)15-29(3)4)25-22(13-19(26)14-28-25)31(17)21-7-5-20(27-2)6-8-21/h5-8,13-14,18H,9-12,15-16H2,1,3-4H3. The molecular formula is C25H28BrN5O. The Balaban J connectivity index is 1.63. The molecule has 3 aromatic rings. The number of hydrogen-bond donors (Lipinski definition) is 0. The summed E-state index contributed by atoms with van der Waals surface area (Å²) in [6, 6.07) is 9.45. The molecule has 0 N–H and O–H groups in total.